The highest BCUT2D eigenvalue weighted by molar-refractivity contribution is 7.80. The van der Waals surface area contributed by atoms with Crippen LogP contribution in [0.2, 0.25) is 0 Å². The number of hydrogen-bond acceptors (Lipinski definition) is 4. The number of nitrogens with one attached hydrogen (secondary N) is 1. The first-order valence-electron chi connectivity index (χ1n) is 10.1. The Hall–Kier alpha value is -2.44. The summed E-state index contributed by atoms with van der Waals surface area (Å²) in [5.41, 5.74) is 13.2. The summed E-state index contributed by atoms with van der Waals surface area (Å²) >= 11 is 4.73. The highest BCUT2D eigenvalue weighted by Crippen LogP contribution is 2.23. The van der Waals surface area contributed by atoms with Crippen LogP contribution in [0.15, 0.2) is 53.6 Å². The lowest BCUT2D eigenvalue weighted by Gasteiger charge is -2.36. The summed E-state index contributed by atoms with van der Waals surface area (Å²) in [6.45, 7) is 12.0. The largest absolute Gasteiger partial charge is 0.375 e. The van der Waals surface area contributed by atoms with E-state index in [-0.39, 0.29) is 10.5 Å². The predicted octanol–water partition coefficient (Wildman–Crippen LogP) is 3.47. The molecular formula is C23H31N5S. The molecule has 1 heterocycles. The zero-order valence-electron chi connectivity index (χ0n) is 17.6. The number of benzene rings is 2. The molecule has 0 atom stereocenters. The van der Waals surface area contributed by atoms with E-state index in [2.05, 4.69) is 89.6 Å². The number of anilines is 1. The highest BCUT2D eigenvalue weighted by Gasteiger charge is 2.18. The van der Waals surface area contributed by atoms with Gasteiger partial charge in [-0.05, 0) is 46.5 Å². The zero-order valence-corrected chi connectivity index (χ0v) is 18.4. The molecule has 0 aromatic heterocycles. The number of hydrazone groups is 1. The molecule has 1 aliphatic rings. The Bertz CT molecular complexity index is 829. The van der Waals surface area contributed by atoms with E-state index in [0.29, 0.717) is 0 Å². The quantitative estimate of drug-likeness (QED) is 0.450. The van der Waals surface area contributed by atoms with Crippen LogP contribution in [-0.4, -0.2) is 42.4 Å². The fourth-order valence-corrected chi connectivity index (χ4v) is 3.53. The zero-order chi connectivity index (χ0) is 20.9. The molecule has 3 rings (SSSR count). The number of nitrogens with two attached hydrogens (primary N) is 1. The van der Waals surface area contributed by atoms with Gasteiger partial charge >= 0.3 is 0 Å². The number of nitrogens with zero attached hydrogens (tertiary/aromatic N) is 3. The van der Waals surface area contributed by atoms with E-state index in [1.165, 1.54) is 16.8 Å². The summed E-state index contributed by atoms with van der Waals surface area (Å²) in [7, 11) is 0. The van der Waals surface area contributed by atoms with Crippen LogP contribution in [0.3, 0.4) is 0 Å². The molecule has 0 amide bonds. The summed E-state index contributed by atoms with van der Waals surface area (Å²) in [6, 6.07) is 17.5. The number of thiocarbonyl (C=S) groups is 1. The average Bonchev–Trinajstić information content (AvgIpc) is 2.69. The Morgan fingerprint density at radius 2 is 1.66 bits per heavy atom. The number of rotatable bonds is 5. The standard InChI is InChI=1S/C23H31N5S/c1-23(2,3)20-8-4-19(5-9-20)17-27-12-14-28(15-13-27)21-10-6-18(7-11-21)16-25-26-22(24)29/h4-11,16H,12-15,17H2,1-3H3,(H3,24,26,29)/b25-16+. The van der Waals surface area contributed by atoms with Crippen molar-refractivity contribution >= 4 is 29.2 Å². The molecule has 29 heavy (non-hydrogen) atoms. The monoisotopic (exact) mass is 409 g/mol. The van der Waals surface area contributed by atoms with Crippen molar-refractivity contribution in [2.45, 2.75) is 32.7 Å². The van der Waals surface area contributed by atoms with Gasteiger partial charge < -0.3 is 10.6 Å². The molecule has 0 radical (unpaired) electrons. The van der Waals surface area contributed by atoms with Crippen molar-refractivity contribution in [1.29, 1.82) is 0 Å². The van der Waals surface area contributed by atoms with Crippen molar-refractivity contribution in [3.8, 4) is 0 Å². The van der Waals surface area contributed by atoms with Gasteiger partial charge in [-0.3, -0.25) is 10.3 Å². The molecule has 5 nitrogen and oxygen atoms in total. The van der Waals surface area contributed by atoms with Crippen LogP contribution in [0, 0.1) is 0 Å². The lowest BCUT2D eigenvalue weighted by atomic mass is 9.87. The topological polar surface area (TPSA) is 56.9 Å². The minimum Gasteiger partial charge on any atom is -0.375 e. The van der Waals surface area contributed by atoms with Gasteiger partial charge in [0, 0.05) is 38.4 Å². The Labute approximate surface area is 179 Å². The van der Waals surface area contributed by atoms with Gasteiger partial charge in [0.2, 0.25) is 0 Å². The normalized spacial score (nSPS) is 15.6. The first kappa shape index (κ1) is 21.3. The van der Waals surface area contributed by atoms with E-state index >= 15 is 0 Å². The van der Waals surface area contributed by atoms with E-state index in [0.717, 1.165) is 38.3 Å². The average molecular weight is 410 g/mol. The summed E-state index contributed by atoms with van der Waals surface area (Å²) < 4.78 is 0. The summed E-state index contributed by atoms with van der Waals surface area (Å²) in [5.74, 6) is 0. The van der Waals surface area contributed by atoms with Crippen molar-refractivity contribution in [2.24, 2.45) is 10.8 Å². The van der Waals surface area contributed by atoms with Crippen molar-refractivity contribution in [1.82, 2.24) is 10.3 Å². The highest BCUT2D eigenvalue weighted by atomic mass is 32.1. The SMILES string of the molecule is CC(C)(C)c1ccc(CN2CCN(c3ccc(/C=N/NC(N)=S)cc3)CC2)cc1. The molecule has 1 fully saturated rings. The molecule has 0 bridgehead atoms. The molecule has 1 aliphatic heterocycles. The van der Waals surface area contributed by atoms with E-state index in [1.807, 2.05) is 0 Å². The summed E-state index contributed by atoms with van der Waals surface area (Å²) in [6.07, 6.45) is 1.71. The fourth-order valence-electron chi connectivity index (χ4n) is 3.47. The number of hydrogen-bond donors (Lipinski definition) is 2. The van der Waals surface area contributed by atoms with Crippen molar-refractivity contribution in [3.05, 3.63) is 65.2 Å². The second-order valence-electron chi connectivity index (χ2n) is 8.54. The van der Waals surface area contributed by atoms with Crippen LogP contribution >= 0.6 is 12.2 Å². The Balaban J connectivity index is 1.50. The summed E-state index contributed by atoms with van der Waals surface area (Å²) in [4.78, 5) is 4.97. The molecule has 2 aromatic carbocycles. The van der Waals surface area contributed by atoms with E-state index in [1.54, 1.807) is 6.21 Å². The Kier molecular flexibility index (Phi) is 6.87. The van der Waals surface area contributed by atoms with Gasteiger partial charge in [0.25, 0.3) is 0 Å². The van der Waals surface area contributed by atoms with Gasteiger partial charge in [0.1, 0.15) is 0 Å². The maximum absolute atomic E-state index is 5.36. The van der Waals surface area contributed by atoms with Crippen LogP contribution in [0.25, 0.3) is 0 Å². The molecule has 2 aromatic rings. The molecule has 1 saturated heterocycles. The van der Waals surface area contributed by atoms with Crippen molar-refractivity contribution in [3.63, 3.8) is 0 Å². The van der Waals surface area contributed by atoms with E-state index in [9.17, 15) is 0 Å². The molecule has 6 heteroatoms. The maximum Gasteiger partial charge on any atom is 0.184 e. The van der Waals surface area contributed by atoms with E-state index in [4.69, 9.17) is 18.0 Å². The second kappa shape index (κ2) is 9.37. The molecule has 3 N–H and O–H groups in total. The van der Waals surface area contributed by atoms with Crippen LogP contribution < -0.4 is 16.1 Å². The van der Waals surface area contributed by atoms with Gasteiger partial charge in [0.05, 0.1) is 6.21 Å². The third-order valence-corrected chi connectivity index (χ3v) is 5.34. The van der Waals surface area contributed by atoms with Gasteiger partial charge in [-0.1, -0.05) is 57.2 Å². The van der Waals surface area contributed by atoms with Crippen molar-refractivity contribution < 1.29 is 0 Å². The lowest BCUT2D eigenvalue weighted by molar-refractivity contribution is 0.250. The number of piperazine rings is 1. The molecule has 154 valence electrons. The molecule has 0 saturated carbocycles. The van der Waals surface area contributed by atoms with E-state index < -0.39 is 0 Å². The first-order chi connectivity index (χ1) is 13.8. The molecule has 0 unspecified atom stereocenters. The fraction of sp³-hybridized carbons (Fsp3) is 0.391. The second-order valence-corrected chi connectivity index (χ2v) is 8.98. The van der Waals surface area contributed by atoms with Crippen LogP contribution in [0.4, 0.5) is 5.69 Å². The molecule has 0 spiro atoms. The van der Waals surface area contributed by atoms with Gasteiger partial charge in [-0.15, -0.1) is 0 Å². The first-order valence-corrected chi connectivity index (χ1v) is 10.5. The smallest absolute Gasteiger partial charge is 0.184 e. The minimum atomic E-state index is 0.167. The Morgan fingerprint density at radius 3 is 2.21 bits per heavy atom. The van der Waals surface area contributed by atoms with Crippen LogP contribution in [0.5, 0.6) is 0 Å². The third kappa shape index (κ3) is 6.27. The summed E-state index contributed by atoms with van der Waals surface area (Å²) in [5, 5.41) is 4.16. The van der Waals surface area contributed by atoms with Crippen LogP contribution in [0.1, 0.15) is 37.5 Å². The van der Waals surface area contributed by atoms with Crippen molar-refractivity contribution in [2.75, 3.05) is 31.1 Å². The molecule has 0 aliphatic carbocycles. The van der Waals surface area contributed by atoms with Gasteiger partial charge in [-0.25, -0.2) is 0 Å². The van der Waals surface area contributed by atoms with Gasteiger partial charge in [-0.2, -0.15) is 5.10 Å². The maximum atomic E-state index is 5.36. The Morgan fingerprint density at radius 1 is 1.03 bits per heavy atom. The third-order valence-electron chi connectivity index (χ3n) is 5.25. The van der Waals surface area contributed by atoms with Crippen LogP contribution in [-0.2, 0) is 12.0 Å². The molecular weight excluding hydrogens is 378 g/mol. The predicted molar refractivity (Wildman–Crippen MR) is 127 cm³/mol. The lowest BCUT2D eigenvalue weighted by Crippen LogP contribution is -2.45. The minimum absolute atomic E-state index is 0.167. The van der Waals surface area contributed by atoms with Gasteiger partial charge in [0.15, 0.2) is 5.11 Å².